The van der Waals surface area contributed by atoms with Gasteiger partial charge in [0.15, 0.2) is 5.82 Å². The molecule has 7 rings (SSSR count). The van der Waals surface area contributed by atoms with Gasteiger partial charge in [0.25, 0.3) is 0 Å². The van der Waals surface area contributed by atoms with Crippen LogP contribution in [0.2, 0.25) is 0 Å². The molecular weight excluding hydrogens is 504 g/mol. The fourth-order valence-corrected chi connectivity index (χ4v) is 7.14. The highest BCUT2D eigenvalue weighted by Gasteiger charge is 2.41. The van der Waals surface area contributed by atoms with Gasteiger partial charge in [-0.2, -0.15) is 0 Å². The molecule has 2 N–H and O–H groups in total. The summed E-state index contributed by atoms with van der Waals surface area (Å²) in [5.74, 6) is 2.28. The number of carbonyl (C=O) groups excluding carboxylic acids is 1. The van der Waals surface area contributed by atoms with E-state index in [0.717, 1.165) is 53.8 Å². The van der Waals surface area contributed by atoms with Crippen molar-refractivity contribution >= 4 is 34.4 Å². The summed E-state index contributed by atoms with van der Waals surface area (Å²) in [4.78, 5) is 39.1. The predicted octanol–water partition coefficient (Wildman–Crippen LogP) is 3.72. The third-order valence-corrected chi connectivity index (χ3v) is 9.35. The van der Waals surface area contributed by atoms with E-state index in [1.807, 2.05) is 23.2 Å². The molecule has 1 amide bonds. The van der Waals surface area contributed by atoms with E-state index in [0.29, 0.717) is 42.6 Å². The van der Waals surface area contributed by atoms with Crippen LogP contribution in [0.25, 0.3) is 10.9 Å². The van der Waals surface area contributed by atoms with Crippen LogP contribution < -0.4 is 10.2 Å². The Hall–Kier alpha value is -3.37. The van der Waals surface area contributed by atoms with Gasteiger partial charge in [-0.1, -0.05) is 12.5 Å². The number of aliphatic hydroxyl groups is 1. The maximum absolute atomic E-state index is 13.2. The molecule has 0 aliphatic carbocycles. The molecule has 3 fully saturated rings. The fraction of sp³-hybridized carbons (Fsp3) is 0.567. The topological polar surface area (TPSA) is 111 Å². The van der Waals surface area contributed by atoms with Gasteiger partial charge in [0.2, 0.25) is 11.9 Å². The number of likely N-dealkylation sites (N-methyl/N-ethyl adjacent to an activating group) is 1. The number of aliphatic hydroxyl groups excluding tert-OH is 1. The number of hydrogen-bond acceptors (Lipinski definition) is 9. The Balaban J connectivity index is 1.13. The van der Waals surface area contributed by atoms with Crippen molar-refractivity contribution in [3.05, 3.63) is 41.3 Å². The number of fused-ring (bicyclic) bond motifs is 4. The molecular formula is C30H38N8O2. The summed E-state index contributed by atoms with van der Waals surface area (Å²) in [6.07, 6.45) is 9.86. The molecule has 210 valence electrons. The molecule has 10 heteroatoms. The van der Waals surface area contributed by atoms with Gasteiger partial charge >= 0.3 is 0 Å². The maximum atomic E-state index is 13.2. The minimum atomic E-state index is -0.657. The molecule has 0 radical (unpaired) electrons. The van der Waals surface area contributed by atoms with Crippen LogP contribution >= 0.6 is 0 Å². The molecule has 0 saturated carbocycles. The highest BCUT2D eigenvalue weighted by Crippen LogP contribution is 2.42. The standard InChI is InChI=1S/C30H38N8O2/c1-18(39)24-15-20-16-31-30(35-27(20)28(33-24)38-21-7-8-22(38)10-9-21)34-26-11-6-19-17-37(14-12-23(19)32-26)29(40)25-5-3-4-13-36(25)2/h6,11,15-16,18,21-22,25,39H,3-5,7-10,12-14,17H2,1-2H3,(H,31,32,34,35)/t18?,21?,22?,25-/m1/s1. The third-order valence-electron chi connectivity index (χ3n) is 9.35. The van der Waals surface area contributed by atoms with Crippen LogP contribution in [0.5, 0.6) is 0 Å². The van der Waals surface area contributed by atoms with Crippen LogP contribution in [-0.4, -0.2) is 79.0 Å². The summed E-state index contributed by atoms with van der Waals surface area (Å²) >= 11 is 0. The van der Waals surface area contributed by atoms with Crippen LogP contribution in [0, 0.1) is 0 Å². The lowest BCUT2D eigenvalue weighted by Crippen LogP contribution is -2.50. The Bertz CT molecular complexity index is 1420. The largest absolute Gasteiger partial charge is 0.387 e. The van der Waals surface area contributed by atoms with Crippen LogP contribution in [0.4, 0.5) is 17.6 Å². The number of aromatic nitrogens is 4. The van der Waals surface area contributed by atoms with Crippen LogP contribution in [-0.2, 0) is 17.8 Å². The lowest BCUT2D eigenvalue weighted by atomic mass is 9.99. The van der Waals surface area contributed by atoms with Crippen molar-refractivity contribution in [2.45, 2.75) is 89.1 Å². The average molecular weight is 543 g/mol. The quantitative estimate of drug-likeness (QED) is 0.498. The van der Waals surface area contributed by atoms with Gasteiger partial charge in [-0.15, -0.1) is 0 Å². The summed E-state index contributed by atoms with van der Waals surface area (Å²) in [5, 5.41) is 14.5. The van der Waals surface area contributed by atoms with Gasteiger partial charge in [-0.25, -0.2) is 19.9 Å². The Morgan fingerprint density at radius 2 is 1.85 bits per heavy atom. The molecule has 4 aliphatic heterocycles. The van der Waals surface area contributed by atoms with Gasteiger partial charge in [0, 0.05) is 48.9 Å². The smallest absolute Gasteiger partial charge is 0.240 e. The first-order chi connectivity index (χ1) is 19.4. The van der Waals surface area contributed by atoms with E-state index in [4.69, 9.17) is 15.0 Å². The van der Waals surface area contributed by atoms with E-state index in [9.17, 15) is 9.90 Å². The number of rotatable bonds is 5. The molecule has 40 heavy (non-hydrogen) atoms. The predicted molar refractivity (Wildman–Crippen MR) is 153 cm³/mol. The number of piperidine rings is 1. The van der Waals surface area contributed by atoms with Crippen LogP contribution in [0.15, 0.2) is 24.4 Å². The Morgan fingerprint density at radius 3 is 2.60 bits per heavy atom. The van der Waals surface area contributed by atoms with E-state index in [1.54, 1.807) is 6.92 Å². The second-order valence-electron chi connectivity index (χ2n) is 12.0. The monoisotopic (exact) mass is 542 g/mol. The number of nitrogens with one attached hydrogen (secondary N) is 1. The highest BCUT2D eigenvalue weighted by molar-refractivity contribution is 5.90. The summed E-state index contributed by atoms with van der Waals surface area (Å²) < 4.78 is 0. The first kappa shape index (κ1) is 25.6. The summed E-state index contributed by atoms with van der Waals surface area (Å²) in [6, 6.07) is 6.89. The second kappa shape index (κ2) is 10.2. The minimum Gasteiger partial charge on any atom is -0.387 e. The van der Waals surface area contributed by atoms with Gasteiger partial charge in [0.05, 0.1) is 17.8 Å². The Morgan fingerprint density at radius 1 is 1.05 bits per heavy atom. The zero-order valence-electron chi connectivity index (χ0n) is 23.4. The van der Waals surface area contributed by atoms with Crippen molar-refractivity contribution in [3.63, 3.8) is 0 Å². The van der Waals surface area contributed by atoms with Crippen molar-refractivity contribution in [3.8, 4) is 0 Å². The molecule has 2 bridgehead atoms. The lowest BCUT2D eigenvalue weighted by molar-refractivity contribution is -0.138. The van der Waals surface area contributed by atoms with Crippen LogP contribution in [0.3, 0.4) is 0 Å². The van der Waals surface area contributed by atoms with Gasteiger partial charge in [-0.05, 0) is 76.7 Å². The number of carbonyl (C=O) groups is 1. The van der Waals surface area contributed by atoms with Crippen molar-refractivity contribution in [2.75, 3.05) is 30.4 Å². The molecule has 0 spiro atoms. The maximum Gasteiger partial charge on any atom is 0.240 e. The summed E-state index contributed by atoms with van der Waals surface area (Å²) in [6.45, 7) is 4.04. The number of amides is 1. The molecule has 10 nitrogen and oxygen atoms in total. The summed E-state index contributed by atoms with van der Waals surface area (Å²) in [7, 11) is 2.06. The van der Waals surface area contributed by atoms with Gasteiger partial charge in [-0.3, -0.25) is 9.69 Å². The third kappa shape index (κ3) is 4.56. The highest BCUT2D eigenvalue weighted by atomic mass is 16.3. The summed E-state index contributed by atoms with van der Waals surface area (Å²) in [5.41, 5.74) is 3.58. The minimum absolute atomic E-state index is 0.000976. The number of hydrogen-bond donors (Lipinski definition) is 2. The van der Waals surface area contributed by atoms with E-state index in [2.05, 4.69) is 33.2 Å². The average Bonchev–Trinajstić information content (AvgIpc) is 3.57. The Kier molecular flexibility index (Phi) is 6.54. The molecule has 4 aliphatic rings. The molecule has 7 heterocycles. The number of likely N-dealkylation sites (tertiary alicyclic amines) is 1. The van der Waals surface area contributed by atoms with Crippen molar-refractivity contribution < 1.29 is 9.90 Å². The van der Waals surface area contributed by atoms with Crippen LogP contribution in [0.1, 0.15) is 74.9 Å². The first-order valence-electron chi connectivity index (χ1n) is 14.8. The van der Waals surface area contributed by atoms with Gasteiger partial charge in [0.1, 0.15) is 11.3 Å². The van der Waals surface area contributed by atoms with E-state index in [-0.39, 0.29) is 11.9 Å². The van der Waals surface area contributed by atoms with Crippen molar-refractivity contribution in [1.82, 2.24) is 29.7 Å². The van der Waals surface area contributed by atoms with Crippen molar-refractivity contribution in [1.29, 1.82) is 0 Å². The second-order valence-corrected chi connectivity index (χ2v) is 12.0. The molecule has 1 unspecified atom stereocenters. The zero-order chi connectivity index (χ0) is 27.4. The van der Waals surface area contributed by atoms with Crippen molar-refractivity contribution in [2.24, 2.45) is 0 Å². The molecule has 2 atom stereocenters. The zero-order valence-corrected chi connectivity index (χ0v) is 23.4. The van der Waals surface area contributed by atoms with E-state index >= 15 is 0 Å². The molecule has 3 aromatic rings. The van der Waals surface area contributed by atoms with E-state index in [1.165, 1.54) is 32.1 Å². The number of pyridine rings is 2. The normalized spacial score (nSPS) is 25.3. The fourth-order valence-electron chi connectivity index (χ4n) is 7.14. The van der Waals surface area contributed by atoms with E-state index < -0.39 is 6.10 Å². The lowest BCUT2D eigenvalue weighted by Gasteiger charge is -2.37. The first-order valence-corrected chi connectivity index (χ1v) is 14.8. The Labute approximate surface area is 234 Å². The molecule has 0 aromatic carbocycles. The SMILES string of the molecule is CC(O)c1cc2cnc(Nc3ccc4c(n3)CCN(C(=O)[C@H]3CCCCN3C)C4)nc2c(N2C3CCC2CC3)n1. The molecule has 3 saturated heterocycles. The number of nitrogens with zero attached hydrogens (tertiary/aromatic N) is 7. The van der Waals surface area contributed by atoms with Gasteiger partial charge < -0.3 is 20.2 Å². The number of anilines is 3. The molecule has 3 aromatic heterocycles.